The highest BCUT2D eigenvalue weighted by Crippen LogP contribution is 2.33. The van der Waals surface area contributed by atoms with Crippen LogP contribution in [0.15, 0.2) is 12.1 Å². The highest BCUT2D eigenvalue weighted by Gasteiger charge is 2.35. The molecule has 0 spiro atoms. The van der Waals surface area contributed by atoms with Crippen LogP contribution in [-0.2, 0) is 9.59 Å². The Labute approximate surface area is 129 Å². The van der Waals surface area contributed by atoms with Crippen LogP contribution >= 0.6 is 11.6 Å². The molecule has 0 heterocycles. The number of carbonyl (C=O) groups is 2. The summed E-state index contributed by atoms with van der Waals surface area (Å²) in [5, 5.41) is 12.6. The molecule has 0 aliphatic heterocycles. The normalized spacial score (nSPS) is 21.9. The molecule has 2 atom stereocenters. The van der Waals surface area contributed by atoms with E-state index in [4.69, 9.17) is 11.6 Å². The Bertz CT molecular complexity index is 548. The molecule has 1 saturated carbocycles. The summed E-state index contributed by atoms with van der Waals surface area (Å²) in [6, 6.07) is 3.73. The standard InChI is InChI=1S/C16H20ClNO3/c1-9-7-10(2)14(13(17)8-9)18-15(19)11-5-3-4-6-12(11)16(20)21/h7-8,11-12H,3-6H2,1-2H3,(H,18,19)(H,20,21). The van der Waals surface area contributed by atoms with Crippen molar-refractivity contribution in [2.75, 3.05) is 5.32 Å². The summed E-state index contributed by atoms with van der Waals surface area (Å²) in [6.45, 7) is 3.82. The second-order valence-electron chi connectivity index (χ2n) is 5.76. The number of anilines is 1. The zero-order valence-corrected chi connectivity index (χ0v) is 13.0. The van der Waals surface area contributed by atoms with E-state index >= 15 is 0 Å². The number of aliphatic carboxylic acids is 1. The molecule has 2 rings (SSSR count). The minimum Gasteiger partial charge on any atom is -0.481 e. The van der Waals surface area contributed by atoms with Crippen molar-refractivity contribution in [3.63, 3.8) is 0 Å². The maximum absolute atomic E-state index is 12.4. The summed E-state index contributed by atoms with van der Waals surface area (Å²) in [5.74, 6) is -2.20. The van der Waals surface area contributed by atoms with Gasteiger partial charge in [0.15, 0.2) is 0 Å². The first-order valence-electron chi connectivity index (χ1n) is 7.20. The minimum atomic E-state index is -0.887. The Kier molecular flexibility index (Phi) is 4.88. The van der Waals surface area contributed by atoms with E-state index in [1.165, 1.54) is 0 Å². The highest BCUT2D eigenvalue weighted by molar-refractivity contribution is 6.34. The van der Waals surface area contributed by atoms with Crippen molar-refractivity contribution in [3.8, 4) is 0 Å². The predicted molar refractivity (Wildman–Crippen MR) is 82.6 cm³/mol. The molecular weight excluding hydrogens is 290 g/mol. The molecule has 4 nitrogen and oxygen atoms in total. The van der Waals surface area contributed by atoms with E-state index in [9.17, 15) is 14.7 Å². The van der Waals surface area contributed by atoms with Gasteiger partial charge in [-0.25, -0.2) is 0 Å². The molecule has 1 aromatic rings. The van der Waals surface area contributed by atoms with Gasteiger partial charge in [-0.3, -0.25) is 9.59 Å². The zero-order valence-electron chi connectivity index (χ0n) is 12.3. The summed E-state index contributed by atoms with van der Waals surface area (Å²) in [5.41, 5.74) is 2.49. The molecule has 0 aromatic heterocycles. The van der Waals surface area contributed by atoms with Gasteiger partial charge < -0.3 is 10.4 Å². The van der Waals surface area contributed by atoms with Crippen LogP contribution in [0.5, 0.6) is 0 Å². The monoisotopic (exact) mass is 309 g/mol. The van der Waals surface area contributed by atoms with E-state index in [1.54, 1.807) is 6.07 Å². The van der Waals surface area contributed by atoms with Crippen molar-refractivity contribution < 1.29 is 14.7 Å². The van der Waals surface area contributed by atoms with Crippen molar-refractivity contribution in [1.82, 2.24) is 0 Å². The number of carboxylic acid groups (broad SMARTS) is 1. The fourth-order valence-electron chi connectivity index (χ4n) is 3.03. The molecule has 1 amide bonds. The number of rotatable bonds is 3. The van der Waals surface area contributed by atoms with Crippen LogP contribution < -0.4 is 5.32 Å². The largest absolute Gasteiger partial charge is 0.481 e. The molecular formula is C16H20ClNO3. The average Bonchev–Trinajstić information content (AvgIpc) is 2.42. The van der Waals surface area contributed by atoms with Gasteiger partial charge in [0.2, 0.25) is 5.91 Å². The molecule has 0 saturated heterocycles. The molecule has 1 fully saturated rings. The molecule has 0 bridgehead atoms. The van der Waals surface area contributed by atoms with Gasteiger partial charge in [0, 0.05) is 0 Å². The first-order chi connectivity index (χ1) is 9.90. The number of halogens is 1. The van der Waals surface area contributed by atoms with E-state index in [1.807, 2.05) is 19.9 Å². The van der Waals surface area contributed by atoms with Crippen LogP contribution in [0.3, 0.4) is 0 Å². The number of aryl methyl sites for hydroxylation is 2. The van der Waals surface area contributed by atoms with Crippen LogP contribution in [0.4, 0.5) is 5.69 Å². The molecule has 114 valence electrons. The summed E-state index contributed by atoms with van der Waals surface area (Å²) in [7, 11) is 0. The number of hydrogen-bond donors (Lipinski definition) is 2. The summed E-state index contributed by atoms with van der Waals surface area (Å²) >= 11 is 6.19. The predicted octanol–water partition coefficient (Wildman–Crippen LogP) is 3.79. The number of nitrogens with one attached hydrogen (secondary N) is 1. The second kappa shape index (κ2) is 6.48. The fraction of sp³-hybridized carbons (Fsp3) is 0.500. The van der Waals surface area contributed by atoms with Crippen LogP contribution in [-0.4, -0.2) is 17.0 Å². The maximum Gasteiger partial charge on any atom is 0.307 e. The van der Waals surface area contributed by atoms with E-state index < -0.39 is 17.8 Å². The zero-order chi connectivity index (χ0) is 15.6. The van der Waals surface area contributed by atoms with E-state index in [-0.39, 0.29) is 5.91 Å². The summed E-state index contributed by atoms with van der Waals surface area (Å²) in [4.78, 5) is 23.7. The quantitative estimate of drug-likeness (QED) is 0.892. The molecule has 21 heavy (non-hydrogen) atoms. The lowest BCUT2D eigenvalue weighted by Gasteiger charge is -2.27. The maximum atomic E-state index is 12.4. The smallest absolute Gasteiger partial charge is 0.307 e. The number of carboxylic acids is 1. The Morgan fingerprint density at radius 1 is 1.19 bits per heavy atom. The third kappa shape index (κ3) is 3.56. The number of amides is 1. The number of carbonyl (C=O) groups excluding carboxylic acids is 1. The van der Waals surface area contributed by atoms with E-state index in [0.29, 0.717) is 23.6 Å². The Hall–Kier alpha value is -1.55. The van der Waals surface area contributed by atoms with Crippen molar-refractivity contribution >= 4 is 29.2 Å². The molecule has 0 radical (unpaired) electrons. The molecule has 2 N–H and O–H groups in total. The molecule has 1 aliphatic carbocycles. The van der Waals surface area contributed by atoms with Gasteiger partial charge in [-0.15, -0.1) is 0 Å². The third-order valence-corrected chi connectivity index (χ3v) is 4.40. The molecule has 1 aromatic carbocycles. The lowest BCUT2D eigenvalue weighted by atomic mass is 9.78. The summed E-state index contributed by atoms with van der Waals surface area (Å²) < 4.78 is 0. The van der Waals surface area contributed by atoms with Gasteiger partial charge in [0.1, 0.15) is 0 Å². The van der Waals surface area contributed by atoms with Gasteiger partial charge in [-0.1, -0.05) is 30.5 Å². The van der Waals surface area contributed by atoms with Crippen molar-refractivity contribution in [2.24, 2.45) is 11.8 Å². The van der Waals surface area contributed by atoms with Crippen molar-refractivity contribution in [2.45, 2.75) is 39.5 Å². The van der Waals surface area contributed by atoms with Crippen molar-refractivity contribution in [3.05, 3.63) is 28.3 Å². The van der Waals surface area contributed by atoms with Crippen molar-refractivity contribution in [1.29, 1.82) is 0 Å². The Balaban J connectivity index is 2.19. The van der Waals surface area contributed by atoms with Gasteiger partial charge in [0.25, 0.3) is 0 Å². The minimum absolute atomic E-state index is 0.240. The van der Waals surface area contributed by atoms with Gasteiger partial charge >= 0.3 is 5.97 Å². The fourth-order valence-corrected chi connectivity index (χ4v) is 3.40. The van der Waals surface area contributed by atoms with Crippen LogP contribution in [0.25, 0.3) is 0 Å². The van der Waals surface area contributed by atoms with Gasteiger partial charge in [-0.2, -0.15) is 0 Å². The van der Waals surface area contributed by atoms with Crippen LogP contribution in [0.2, 0.25) is 5.02 Å². The average molecular weight is 310 g/mol. The third-order valence-electron chi connectivity index (χ3n) is 4.10. The number of benzene rings is 1. The lowest BCUT2D eigenvalue weighted by Crippen LogP contribution is -2.36. The lowest BCUT2D eigenvalue weighted by molar-refractivity contribution is -0.147. The molecule has 2 unspecified atom stereocenters. The van der Waals surface area contributed by atoms with E-state index in [0.717, 1.165) is 24.0 Å². The van der Waals surface area contributed by atoms with E-state index in [2.05, 4.69) is 5.32 Å². The first kappa shape index (κ1) is 15.8. The Morgan fingerprint density at radius 3 is 2.38 bits per heavy atom. The summed E-state index contributed by atoms with van der Waals surface area (Å²) in [6.07, 6.45) is 2.94. The second-order valence-corrected chi connectivity index (χ2v) is 6.17. The first-order valence-corrected chi connectivity index (χ1v) is 7.58. The topological polar surface area (TPSA) is 66.4 Å². The molecule has 5 heteroatoms. The van der Waals surface area contributed by atoms with Crippen LogP contribution in [0, 0.1) is 25.7 Å². The number of hydrogen-bond acceptors (Lipinski definition) is 2. The Morgan fingerprint density at radius 2 is 1.81 bits per heavy atom. The highest BCUT2D eigenvalue weighted by atomic mass is 35.5. The van der Waals surface area contributed by atoms with Crippen LogP contribution in [0.1, 0.15) is 36.8 Å². The SMILES string of the molecule is Cc1cc(C)c(NC(=O)C2CCCCC2C(=O)O)c(Cl)c1. The van der Waals surface area contributed by atoms with Gasteiger partial charge in [-0.05, 0) is 43.9 Å². The van der Waals surface area contributed by atoms with Gasteiger partial charge in [0.05, 0.1) is 22.5 Å². The molecule has 1 aliphatic rings.